The second kappa shape index (κ2) is 7.13. The van der Waals surface area contributed by atoms with E-state index in [9.17, 15) is 4.79 Å². The van der Waals surface area contributed by atoms with Crippen LogP contribution >= 0.6 is 0 Å². The Bertz CT molecular complexity index is 274. The van der Waals surface area contributed by atoms with Crippen LogP contribution in [0.25, 0.3) is 0 Å². The molecule has 4 heteroatoms. The third-order valence-electron chi connectivity index (χ3n) is 3.71. The lowest BCUT2D eigenvalue weighted by Crippen LogP contribution is -2.48. The van der Waals surface area contributed by atoms with Gasteiger partial charge in [0, 0.05) is 25.2 Å². The molecule has 0 spiro atoms. The zero-order chi connectivity index (χ0) is 14.5. The molecule has 1 saturated heterocycles. The van der Waals surface area contributed by atoms with Crippen LogP contribution in [0.3, 0.4) is 0 Å². The Morgan fingerprint density at radius 1 is 1.26 bits per heavy atom. The topological polar surface area (TPSA) is 41.6 Å². The predicted octanol–water partition coefficient (Wildman–Crippen LogP) is 3.16. The van der Waals surface area contributed by atoms with Gasteiger partial charge in [0.15, 0.2) is 0 Å². The fraction of sp³-hybridized carbons (Fsp3) is 0.933. The Morgan fingerprint density at radius 2 is 1.79 bits per heavy atom. The monoisotopic (exact) mass is 270 g/mol. The lowest BCUT2D eigenvalue weighted by atomic mass is 10.0. The van der Waals surface area contributed by atoms with Crippen LogP contribution in [0.5, 0.6) is 0 Å². The normalized spacial score (nSPS) is 18.6. The van der Waals surface area contributed by atoms with Gasteiger partial charge in [-0.15, -0.1) is 0 Å². The Labute approximate surface area is 117 Å². The van der Waals surface area contributed by atoms with Gasteiger partial charge in [-0.05, 0) is 46.5 Å². The fourth-order valence-corrected chi connectivity index (χ4v) is 2.69. The highest BCUT2D eigenvalue weighted by Crippen LogP contribution is 2.17. The molecule has 0 aromatic rings. The Morgan fingerprint density at radius 3 is 2.21 bits per heavy atom. The first-order valence-corrected chi connectivity index (χ1v) is 7.59. The lowest BCUT2D eigenvalue weighted by Gasteiger charge is -2.37. The third-order valence-corrected chi connectivity index (χ3v) is 3.71. The number of likely N-dealkylation sites (tertiary alicyclic amines) is 1. The zero-order valence-electron chi connectivity index (χ0n) is 13.2. The second-order valence-corrected chi connectivity index (χ2v) is 6.43. The van der Waals surface area contributed by atoms with Crippen LogP contribution in [0, 0.1) is 0 Å². The molecular weight excluding hydrogens is 240 g/mol. The third kappa shape index (κ3) is 5.81. The highest BCUT2D eigenvalue weighted by atomic mass is 16.6. The summed E-state index contributed by atoms with van der Waals surface area (Å²) in [4.78, 5) is 14.3. The average Bonchev–Trinajstić information content (AvgIpc) is 2.30. The van der Waals surface area contributed by atoms with Crippen molar-refractivity contribution in [2.45, 2.75) is 78.0 Å². The summed E-state index contributed by atoms with van der Waals surface area (Å²) in [6.07, 6.45) is 4.18. The van der Waals surface area contributed by atoms with Gasteiger partial charge in [0.05, 0.1) is 0 Å². The van der Waals surface area contributed by atoms with E-state index < -0.39 is 5.60 Å². The van der Waals surface area contributed by atoms with Gasteiger partial charge in [0.1, 0.15) is 5.60 Å². The van der Waals surface area contributed by atoms with Gasteiger partial charge in [-0.1, -0.05) is 13.8 Å². The number of nitrogens with zero attached hydrogens (tertiary/aromatic N) is 1. The molecule has 1 rings (SSSR count). The molecule has 0 aliphatic carbocycles. The van der Waals surface area contributed by atoms with Gasteiger partial charge < -0.3 is 15.0 Å². The van der Waals surface area contributed by atoms with Crippen LogP contribution in [0.15, 0.2) is 0 Å². The SMILES string of the molecule is CCC(CC)N1CCC(NC(=O)OC(C)(C)C)CC1. The minimum atomic E-state index is -0.416. The van der Waals surface area contributed by atoms with Crippen LogP contribution in [0.2, 0.25) is 0 Å². The molecule has 4 nitrogen and oxygen atoms in total. The van der Waals surface area contributed by atoms with E-state index in [1.165, 1.54) is 12.8 Å². The van der Waals surface area contributed by atoms with E-state index in [4.69, 9.17) is 4.74 Å². The number of ether oxygens (including phenoxy) is 1. The highest BCUT2D eigenvalue weighted by molar-refractivity contribution is 5.68. The first-order valence-electron chi connectivity index (χ1n) is 7.59. The second-order valence-electron chi connectivity index (χ2n) is 6.43. The average molecular weight is 270 g/mol. The molecule has 1 fully saturated rings. The zero-order valence-corrected chi connectivity index (χ0v) is 13.2. The van der Waals surface area contributed by atoms with Crippen LogP contribution in [-0.2, 0) is 4.74 Å². The van der Waals surface area contributed by atoms with E-state index in [-0.39, 0.29) is 12.1 Å². The number of carbonyl (C=O) groups excluding carboxylic acids is 1. The maximum atomic E-state index is 11.7. The van der Waals surface area contributed by atoms with Crippen LogP contribution in [0.4, 0.5) is 4.79 Å². The first kappa shape index (κ1) is 16.3. The first-order chi connectivity index (χ1) is 8.85. The van der Waals surface area contributed by atoms with Gasteiger partial charge in [0.2, 0.25) is 0 Å². The molecule has 0 aromatic heterocycles. The predicted molar refractivity (Wildman–Crippen MR) is 78.3 cm³/mol. The Balaban J connectivity index is 2.32. The summed E-state index contributed by atoms with van der Waals surface area (Å²) in [7, 11) is 0. The lowest BCUT2D eigenvalue weighted by molar-refractivity contribution is 0.0466. The van der Waals surface area contributed by atoms with Gasteiger partial charge in [-0.25, -0.2) is 4.79 Å². The summed E-state index contributed by atoms with van der Waals surface area (Å²) in [5, 5.41) is 2.98. The van der Waals surface area contributed by atoms with Crippen LogP contribution < -0.4 is 5.32 Å². The summed E-state index contributed by atoms with van der Waals surface area (Å²) in [6, 6.07) is 0.961. The van der Waals surface area contributed by atoms with Crippen LogP contribution in [-0.4, -0.2) is 41.8 Å². The molecular formula is C15H30N2O2. The smallest absolute Gasteiger partial charge is 0.407 e. The van der Waals surface area contributed by atoms with Crippen molar-refractivity contribution in [1.29, 1.82) is 0 Å². The molecule has 19 heavy (non-hydrogen) atoms. The van der Waals surface area contributed by atoms with Crippen molar-refractivity contribution in [3.63, 3.8) is 0 Å². The highest BCUT2D eigenvalue weighted by Gasteiger charge is 2.25. The molecule has 112 valence electrons. The summed E-state index contributed by atoms with van der Waals surface area (Å²) < 4.78 is 5.29. The standard InChI is InChI=1S/C15H30N2O2/c1-6-13(7-2)17-10-8-12(9-11-17)16-14(18)19-15(3,4)5/h12-13H,6-11H2,1-5H3,(H,16,18). The summed E-state index contributed by atoms with van der Waals surface area (Å²) in [6.45, 7) is 12.3. The molecule has 1 aliphatic rings. The maximum Gasteiger partial charge on any atom is 0.407 e. The number of amides is 1. The summed E-state index contributed by atoms with van der Waals surface area (Å²) in [5.41, 5.74) is -0.416. The van der Waals surface area contributed by atoms with Gasteiger partial charge in [0.25, 0.3) is 0 Å². The minimum absolute atomic E-state index is 0.264. The van der Waals surface area contributed by atoms with Crippen LogP contribution in [0.1, 0.15) is 60.3 Å². The number of rotatable bonds is 4. The molecule has 1 aliphatic heterocycles. The largest absolute Gasteiger partial charge is 0.444 e. The van der Waals surface area contributed by atoms with Crippen molar-refractivity contribution in [1.82, 2.24) is 10.2 Å². The summed E-state index contributed by atoms with van der Waals surface area (Å²) in [5.74, 6) is 0. The summed E-state index contributed by atoms with van der Waals surface area (Å²) >= 11 is 0. The molecule has 0 saturated carbocycles. The number of piperidine rings is 1. The fourth-order valence-electron chi connectivity index (χ4n) is 2.69. The van der Waals surface area contributed by atoms with E-state index in [2.05, 4.69) is 24.1 Å². The number of carbonyl (C=O) groups is 1. The van der Waals surface area contributed by atoms with Crippen molar-refractivity contribution in [3.8, 4) is 0 Å². The molecule has 0 radical (unpaired) electrons. The van der Waals surface area contributed by atoms with Crippen molar-refractivity contribution in [3.05, 3.63) is 0 Å². The van der Waals surface area contributed by atoms with Crippen molar-refractivity contribution < 1.29 is 9.53 Å². The maximum absolute atomic E-state index is 11.7. The molecule has 0 atom stereocenters. The Hall–Kier alpha value is -0.770. The van der Waals surface area contributed by atoms with Crippen molar-refractivity contribution in [2.75, 3.05) is 13.1 Å². The van der Waals surface area contributed by atoms with Gasteiger partial charge in [-0.3, -0.25) is 0 Å². The van der Waals surface area contributed by atoms with Crippen molar-refractivity contribution >= 4 is 6.09 Å². The molecule has 0 aromatic carbocycles. The molecule has 1 N–H and O–H groups in total. The quantitative estimate of drug-likeness (QED) is 0.853. The van der Waals surface area contributed by atoms with E-state index in [1.807, 2.05) is 20.8 Å². The molecule has 0 unspecified atom stereocenters. The van der Waals surface area contributed by atoms with E-state index >= 15 is 0 Å². The van der Waals surface area contributed by atoms with E-state index in [0.29, 0.717) is 6.04 Å². The van der Waals surface area contributed by atoms with Gasteiger partial charge in [-0.2, -0.15) is 0 Å². The van der Waals surface area contributed by atoms with E-state index in [0.717, 1.165) is 25.9 Å². The number of nitrogens with one attached hydrogen (secondary N) is 1. The van der Waals surface area contributed by atoms with Gasteiger partial charge >= 0.3 is 6.09 Å². The number of hydrogen-bond donors (Lipinski definition) is 1. The molecule has 1 heterocycles. The van der Waals surface area contributed by atoms with E-state index in [1.54, 1.807) is 0 Å². The van der Waals surface area contributed by atoms with Crippen molar-refractivity contribution in [2.24, 2.45) is 0 Å². The molecule has 0 bridgehead atoms. The minimum Gasteiger partial charge on any atom is -0.444 e. The molecule has 1 amide bonds. The number of hydrogen-bond acceptors (Lipinski definition) is 3. The number of alkyl carbamates (subject to hydrolysis) is 1. The Kier molecular flexibility index (Phi) is 6.11.